The lowest BCUT2D eigenvalue weighted by molar-refractivity contribution is 0.728. The Hall–Kier alpha value is -9.19. The first-order valence-corrected chi connectivity index (χ1v) is 24.0. The van der Waals surface area contributed by atoms with Crippen LogP contribution in [0, 0.1) is 0 Å². The van der Waals surface area contributed by atoms with Crippen molar-refractivity contribution < 1.29 is 0 Å². The molecule has 328 valence electrons. The second-order valence-electron chi connectivity index (χ2n) is 18.3. The molecule has 3 heterocycles. The standard InChI is InChI=1S/C65H43N5/c1-4-24-45(25-5-1)64(46-26-6-2-7-27-46)55-37-16-20-41-59(55)70(60-42-21-17-38-56(60)64)63-67-61(66-62(68-63)69-57-39-18-12-33-51(57)52-34-13-19-40-58(52)69)44-23-22-30-48(43-44)65(47-28-8-3-9-29-47)53-35-14-10-31-49(53)50-32-11-15-36-54(50)65/h1-43H. The van der Waals surface area contributed by atoms with Crippen LogP contribution >= 0.6 is 0 Å². The Morgan fingerprint density at radius 1 is 0.300 bits per heavy atom. The van der Waals surface area contributed by atoms with Crippen LogP contribution in [0.3, 0.4) is 0 Å². The van der Waals surface area contributed by atoms with Crippen LogP contribution < -0.4 is 4.90 Å². The molecule has 2 aliphatic rings. The lowest BCUT2D eigenvalue weighted by Gasteiger charge is -2.45. The number of para-hydroxylation sites is 4. The van der Waals surface area contributed by atoms with Crippen molar-refractivity contribution in [3.05, 3.63) is 305 Å². The Balaban J connectivity index is 1.06. The summed E-state index contributed by atoms with van der Waals surface area (Å²) < 4.78 is 2.21. The van der Waals surface area contributed by atoms with Crippen molar-refractivity contribution in [3.63, 3.8) is 0 Å². The van der Waals surface area contributed by atoms with Crippen molar-refractivity contribution in [1.82, 2.24) is 19.5 Å². The van der Waals surface area contributed by atoms with Crippen molar-refractivity contribution >= 4 is 39.1 Å². The van der Waals surface area contributed by atoms with Crippen LogP contribution in [-0.2, 0) is 10.8 Å². The Bertz CT molecular complexity index is 3780. The van der Waals surface area contributed by atoms with Crippen molar-refractivity contribution in [3.8, 4) is 28.5 Å². The van der Waals surface area contributed by atoms with E-state index in [1.807, 2.05) is 0 Å². The molecule has 1 aliphatic heterocycles. The lowest BCUT2D eigenvalue weighted by Crippen LogP contribution is -2.38. The van der Waals surface area contributed by atoms with Gasteiger partial charge in [0.15, 0.2) is 5.82 Å². The van der Waals surface area contributed by atoms with E-state index in [1.165, 1.54) is 38.9 Å². The maximum absolute atomic E-state index is 5.63. The maximum Gasteiger partial charge on any atom is 0.240 e. The van der Waals surface area contributed by atoms with E-state index in [4.69, 9.17) is 15.0 Å². The first kappa shape index (κ1) is 39.9. The topological polar surface area (TPSA) is 46.8 Å². The summed E-state index contributed by atoms with van der Waals surface area (Å²) in [6.07, 6.45) is 0. The summed E-state index contributed by atoms with van der Waals surface area (Å²) in [6, 6.07) is 94.0. The molecule has 0 unspecified atom stereocenters. The number of nitrogens with zero attached hydrogens (tertiary/aromatic N) is 5. The van der Waals surface area contributed by atoms with Gasteiger partial charge < -0.3 is 0 Å². The zero-order chi connectivity index (χ0) is 46.2. The molecule has 2 aromatic heterocycles. The smallest absolute Gasteiger partial charge is 0.240 e. The van der Waals surface area contributed by atoms with Crippen LogP contribution in [0.4, 0.5) is 17.3 Å². The van der Waals surface area contributed by atoms with E-state index in [1.54, 1.807) is 0 Å². The molecule has 0 fully saturated rings. The monoisotopic (exact) mass is 893 g/mol. The highest BCUT2D eigenvalue weighted by atomic mass is 15.3. The fraction of sp³-hybridized carbons (Fsp3) is 0.0308. The Labute approximate surface area is 406 Å². The van der Waals surface area contributed by atoms with Crippen molar-refractivity contribution in [2.24, 2.45) is 0 Å². The van der Waals surface area contributed by atoms with Gasteiger partial charge in [-0.15, -0.1) is 0 Å². The van der Waals surface area contributed by atoms with Crippen LogP contribution in [0.2, 0.25) is 0 Å². The van der Waals surface area contributed by atoms with Gasteiger partial charge in [0.1, 0.15) is 0 Å². The minimum atomic E-state index is -0.647. The fourth-order valence-electron chi connectivity index (χ4n) is 12.1. The largest absolute Gasteiger partial charge is 0.278 e. The molecule has 70 heavy (non-hydrogen) atoms. The first-order valence-electron chi connectivity index (χ1n) is 24.0. The van der Waals surface area contributed by atoms with Crippen LogP contribution in [-0.4, -0.2) is 19.5 Å². The van der Waals surface area contributed by atoms with Gasteiger partial charge in [-0.1, -0.05) is 231 Å². The summed E-state index contributed by atoms with van der Waals surface area (Å²) in [5, 5.41) is 2.27. The third-order valence-electron chi connectivity index (χ3n) is 14.8. The van der Waals surface area contributed by atoms with Gasteiger partial charge in [0.25, 0.3) is 0 Å². The summed E-state index contributed by atoms with van der Waals surface area (Å²) in [6.45, 7) is 0. The average Bonchev–Trinajstić information content (AvgIpc) is 3.94. The van der Waals surface area contributed by atoms with E-state index >= 15 is 0 Å². The SMILES string of the molecule is c1ccc(C2(c3cccc(-c4nc(N5c6ccccc6C(c6ccccc6)(c6ccccc6)c6ccccc65)nc(-n5c6ccccc6c6ccccc65)n4)c3)c3ccccc3-c3ccccc32)cc1. The molecular formula is C65H43N5. The molecule has 0 saturated heterocycles. The number of benzene rings is 10. The quantitative estimate of drug-likeness (QED) is 0.160. The molecular weight excluding hydrogens is 851 g/mol. The van der Waals surface area contributed by atoms with Gasteiger partial charge in [-0.25, -0.2) is 0 Å². The van der Waals surface area contributed by atoms with Crippen LogP contribution in [0.5, 0.6) is 0 Å². The molecule has 14 rings (SSSR count). The lowest BCUT2D eigenvalue weighted by atomic mass is 9.62. The van der Waals surface area contributed by atoms with E-state index in [0.717, 1.165) is 55.4 Å². The minimum Gasteiger partial charge on any atom is -0.278 e. The van der Waals surface area contributed by atoms with Crippen molar-refractivity contribution in [1.29, 1.82) is 0 Å². The summed E-state index contributed by atoms with van der Waals surface area (Å²) >= 11 is 0. The first-order chi connectivity index (χ1) is 34.7. The summed E-state index contributed by atoms with van der Waals surface area (Å²) in [7, 11) is 0. The molecule has 0 spiro atoms. The molecule has 5 nitrogen and oxygen atoms in total. The van der Waals surface area contributed by atoms with E-state index in [9.17, 15) is 0 Å². The summed E-state index contributed by atoms with van der Waals surface area (Å²) in [5.41, 5.74) is 15.7. The van der Waals surface area contributed by atoms with Gasteiger partial charge in [0.2, 0.25) is 11.9 Å². The molecule has 5 heteroatoms. The van der Waals surface area contributed by atoms with E-state index in [-0.39, 0.29) is 0 Å². The third kappa shape index (κ3) is 5.63. The van der Waals surface area contributed by atoms with Gasteiger partial charge in [0.05, 0.1) is 33.2 Å². The highest BCUT2D eigenvalue weighted by Crippen LogP contribution is 2.58. The van der Waals surface area contributed by atoms with Crippen LogP contribution in [0.15, 0.2) is 261 Å². The van der Waals surface area contributed by atoms with Gasteiger partial charge in [-0.3, -0.25) is 9.47 Å². The number of hydrogen-bond acceptors (Lipinski definition) is 4. The summed E-state index contributed by atoms with van der Waals surface area (Å²) in [4.78, 5) is 19.0. The number of anilines is 3. The number of hydrogen-bond donors (Lipinski definition) is 0. The van der Waals surface area contributed by atoms with Gasteiger partial charge >= 0.3 is 0 Å². The normalized spacial score (nSPS) is 13.9. The molecule has 0 bridgehead atoms. The van der Waals surface area contributed by atoms with E-state index in [0.29, 0.717) is 17.7 Å². The Kier molecular flexibility index (Phi) is 8.95. The average molecular weight is 894 g/mol. The van der Waals surface area contributed by atoms with E-state index in [2.05, 4.69) is 270 Å². The predicted octanol–water partition coefficient (Wildman–Crippen LogP) is 15.2. The van der Waals surface area contributed by atoms with Crippen molar-refractivity contribution in [2.75, 3.05) is 4.90 Å². The number of aromatic nitrogens is 4. The fourth-order valence-corrected chi connectivity index (χ4v) is 12.1. The van der Waals surface area contributed by atoms with Gasteiger partial charge in [-0.05, 0) is 86.0 Å². The maximum atomic E-state index is 5.63. The molecule has 0 amide bonds. The van der Waals surface area contributed by atoms with Crippen LogP contribution in [0.25, 0.3) is 50.3 Å². The van der Waals surface area contributed by atoms with Gasteiger partial charge in [-0.2, -0.15) is 15.0 Å². The summed E-state index contributed by atoms with van der Waals surface area (Å²) in [5.74, 6) is 1.63. The van der Waals surface area contributed by atoms with E-state index < -0.39 is 10.8 Å². The minimum absolute atomic E-state index is 0.524. The zero-order valence-corrected chi connectivity index (χ0v) is 38.1. The third-order valence-corrected chi connectivity index (χ3v) is 14.8. The molecule has 1 aliphatic carbocycles. The second kappa shape index (κ2) is 15.7. The molecule has 0 saturated carbocycles. The molecule has 10 aromatic carbocycles. The van der Waals surface area contributed by atoms with Crippen molar-refractivity contribution in [2.45, 2.75) is 10.8 Å². The molecule has 12 aromatic rings. The number of fused-ring (bicyclic) bond motifs is 8. The highest BCUT2D eigenvalue weighted by Gasteiger charge is 2.48. The zero-order valence-electron chi connectivity index (χ0n) is 38.1. The Morgan fingerprint density at radius 3 is 1.23 bits per heavy atom. The Morgan fingerprint density at radius 2 is 0.700 bits per heavy atom. The number of rotatable bonds is 7. The van der Waals surface area contributed by atoms with Crippen LogP contribution in [0.1, 0.15) is 44.5 Å². The molecule has 0 atom stereocenters. The second-order valence-corrected chi connectivity index (χ2v) is 18.3. The predicted molar refractivity (Wildman–Crippen MR) is 283 cm³/mol. The van der Waals surface area contributed by atoms with Gasteiger partial charge in [0, 0.05) is 16.3 Å². The highest BCUT2D eigenvalue weighted by molar-refractivity contribution is 6.09. The molecule has 0 radical (unpaired) electrons. The molecule has 0 N–H and O–H groups in total.